The molecule has 0 saturated carbocycles. The van der Waals surface area contributed by atoms with E-state index in [2.05, 4.69) is 44.2 Å². The lowest BCUT2D eigenvalue weighted by molar-refractivity contribution is 0.635. The highest BCUT2D eigenvalue weighted by atomic mass is 35.5. The van der Waals surface area contributed by atoms with Crippen LogP contribution in [-0.2, 0) is 6.42 Å². The highest BCUT2D eigenvalue weighted by Crippen LogP contribution is 2.27. The van der Waals surface area contributed by atoms with Crippen molar-refractivity contribution >= 4 is 29.1 Å². The molecule has 0 radical (unpaired) electrons. The average molecular weight is 315 g/mol. The molecular formula is C16H27ClN2S. The van der Waals surface area contributed by atoms with Crippen molar-refractivity contribution in [3.63, 3.8) is 0 Å². The molecule has 114 valence electrons. The zero-order valence-electron chi connectivity index (χ0n) is 13.0. The Morgan fingerprint density at radius 3 is 2.55 bits per heavy atom. The van der Waals surface area contributed by atoms with Gasteiger partial charge in [0.25, 0.3) is 0 Å². The fourth-order valence-electron chi connectivity index (χ4n) is 2.38. The molecule has 1 rings (SSSR count). The summed E-state index contributed by atoms with van der Waals surface area (Å²) in [6, 6.07) is 6.90. The van der Waals surface area contributed by atoms with Gasteiger partial charge < -0.3 is 10.6 Å². The summed E-state index contributed by atoms with van der Waals surface area (Å²) < 4.78 is 0. The lowest BCUT2D eigenvalue weighted by atomic mass is 10.0. The van der Waals surface area contributed by atoms with E-state index in [1.807, 2.05) is 17.8 Å². The van der Waals surface area contributed by atoms with Crippen LogP contribution in [0.1, 0.15) is 32.3 Å². The van der Waals surface area contributed by atoms with Crippen molar-refractivity contribution in [2.75, 3.05) is 24.0 Å². The summed E-state index contributed by atoms with van der Waals surface area (Å²) in [5.74, 6) is 1.13. The van der Waals surface area contributed by atoms with Crippen molar-refractivity contribution in [3.8, 4) is 0 Å². The number of benzene rings is 1. The molecule has 0 spiro atoms. The molecule has 0 heterocycles. The zero-order valence-corrected chi connectivity index (χ0v) is 14.6. The van der Waals surface area contributed by atoms with Gasteiger partial charge in [-0.2, -0.15) is 11.8 Å². The molecule has 1 aromatic carbocycles. The van der Waals surface area contributed by atoms with Gasteiger partial charge in [-0.25, -0.2) is 0 Å². The maximum Gasteiger partial charge on any atom is 0.0410 e. The van der Waals surface area contributed by atoms with E-state index in [0.717, 1.165) is 30.0 Å². The van der Waals surface area contributed by atoms with E-state index in [1.165, 1.54) is 11.3 Å². The van der Waals surface area contributed by atoms with Crippen LogP contribution in [0, 0.1) is 0 Å². The van der Waals surface area contributed by atoms with Crippen molar-refractivity contribution in [2.45, 2.75) is 45.2 Å². The minimum atomic E-state index is 0.196. The van der Waals surface area contributed by atoms with Crippen molar-refractivity contribution < 1.29 is 0 Å². The Morgan fingerprint density at radius 1 is 1.30 bits per heavy atom. The van der Waals surface area contributed by atoms with Crippen molar-refractivity contribution in [1.82, 2.24) is 0 Å². The van der Waals surface area contributed by atoms with Gasteiger partial charge in [0.2, 0.25) is 0 Å². The summed E-state index contributed by atoms with van der Waals surface area (Å²) in [6.07, 6.45) is 5.16. The molecule has 2 unspecified atom stereocenters. The molecule has 4 heteroatoms. The average Bonchev–Trinajstić information content (AvgIpc) is 2.44. The van der Waals surface area contributed by atoms with E-state index in [4.69, 9.17) is 17.3 Å². The summed E-state index contributed by atoms with van der Waals surface area (Å²) in [7, 11) is 2.18. The van der Waals surface area contributed by atoms with E-state index in [-0.39, 0.29) is 6.04 Å². The van der Waals surface area contributed by atoms with Crippen LogP contribution in [-0.4, -0.2) is 31.1 Å². The van der Waals surface area contributed by atoms with Crippen LogP contribution in [0.3, 0.4) is 0 Å². The lowest BCUT2D eigenvalue weighted by Crippen LogP contribution is -2.34. The molecule has 0 saturated heterocycles. The molecule has 2 N–H and O–H groups in total. The number of hydrogen-bond donors (Lipinski definition) is 1. The predicted octanol–water partition coefficient (Wildman–Crippen LogP) is 4.20. The second-order valence-electron chi connectivity index (χ2n) is 5.27. The number of rotatable bonds is 8. The Balaban J connectivity index is 3.02. The number of halogens is 1. The van der Waals surface area contributed by atoms with Gasteiger partial charge in [-0.3, -0.25) is 0 Å². The van der Waals surface area contributed by atoms with Crippen LogP contribution in [0.25, 0.3) is 0 Å². The SMILES string of the molecule is CCC(N)Cc1cc(Cl)ccc1N(C)C(CC)CSC. The molecule has 0 aliphatic heterocycles. The van der Waals surface area contributed by atoms with Gasteiger partial charge in [0, 0.05) is 35.6 Å². The van der Waals surface area contributed by atoms with Gasteiger partial charge in [-0.05, 0) is 49.3 Å². The molecule has 0 aromatic heterocycles. The fourth-order valence-corrected chi connectivity index (χ4v) is 3.42. The molecule has 0 aliphatic carbocycles. The van der Waals surface area contributed by atoms with Gasteiger partial charge in [-0.15, -0.1) is 0 Å². The van der Waals surface area contributed by atoms with Crippen molar-refractivity contribution in [1.29, 1.82) is 0 Å². The third-order valence-corrected chi connectivity index (χ3v) is 4.76. The minimum Gasteiger partial charge on any atom is -0.371 e. The maximum atomic E-state index is 6.16. The number of nitrogens with zero attached hydrogens (tertiary/aromatic N) is 1. The Labute approximate surface area is 133 Å². The van der Waals surface area contributed by atoms with Crippen LogP contribution in [0.2, 0.25) is 5.02 Å². The first kappa shape index (κ1) is 17.7. The first-order chi connectivity index (χ1) is 9.53. The van der Waals surface area contributed by atoms with Crippen LogP contribution in [0.15, 0.2) is 18.2 Å². The number of thioether (sulfide) groups is 1. The normalized spacial score (nSPS) is 14.1. The van der Waals surface area contributed by atoms with E-state index >= 15 is 0 Å². The predicted molar refractivity (Wildman–Crippen MR) is 94.3 cm³/mol. The number of anilines is 1. The third-order valence-electron chi connectivity index (χ3n) is 3.81. The fraction of sp³-hybridized carbons (Fsp3) is 0.625. The quantitative estimate of drug-likeness (QED) is 0.780. The molecule has 20 heavy (non-hydrogen) atoms. The molecule has 1 aromatic rings. The number of hydrogen-bond acceptors (Lipinski definition) is 3. The Bertz CT molecular complexity index is 411. The Morgan fingerprint density at radius 2 is 2.00 bits per heavy atom. The van der Waals surface area contributed by atoms with Crippen LogP contribution in [0.4, 0.5) is 5.69 Å². The van der Waals surface area contributed by atoms with E-state index in [9.17, 15) is 0 Å². The van der Waals surface area contributed by atoms with Crippen LogP contribution < -0.4 is 10.6 Å². The van der Waals surface area contributed by atoms with Crippen LogP contribution in [0.5, 0.6) is 0 Å². The van der Waals surface area contributed by atoms with Crippen molar-refractivity contribution in [3.05, 3.63) is 28.8 Å². The maximum absolute atomic E-state index is 6.16. The summed E-state index contributed by atoms with van der Waals surface area (Å²) in [6.45, 7) is 4.37. The molecule has 2 nitrogen and oxygen atoms in total. The highest BCUT2D eigenvalue weighted by molar-refractivity contribution is 7.98. The zero-order chi connectivity index (χ0) is 15.1. The Hall–Kier alpha value is -0.380. The van der Waals surface area contributed by atoms with Gasteiger partial charge in [0.1, 0.15) is 0 Å². The smallest absolute Gasteiger partial charge is 0.0410 e. The highest BCUT2D eigenvalue weighted by Gasteiger charge is 2.17. The summed E-state index contributed by atoms with van der Waals surface area (Å²) >= 11 is 8.05. The summed E-state index contributed by atoms with van der Waals surface area (Å²) in [4.78, 5) is 2.38. The van der Waals surface area contributed by atoms with Gasteiger partial charge in [-0.1, -0.05) is 25.4 Å². The minimum absolute atomic E-state index is 0.196. The second kappa shape index (κ2) is 8.81. The van der Waals surface area contributed by atoms with Gasteiger partial charge >= 0.3 is 0 Å². The lowest BCUT2D eigenvalue weighted by Gasteiger charge is -2.31. The second-order valence-corrected chi connectivity index (χ2v) is 6.62. The Kier molecular flexibility index (Phi) is 7.78. The molecule has 0 amide bonds. The number of nitrogens with two attached hydrogens (primary N) is 1. The molecule has 0 fully saturated rings. The molecule has 0 aliphatic rings. The van der Waals surface area contributed by atoms with E-state index in [0.29, 0.717) is 6.04 Å². The largest absolute Gasteiger partial charge is 0.371 e. The summed E-state index contributed by atoms with van der Waals surface area (Å²) in [5, 5.41) is 0.790. The first-order valence-electron chi connectivity index (χ1n) is 7.29. The topological polar surface area (TPSA) is 29.3 Å². The monoisotopic (exact) mass is 314 g/mol. The van der Waals surface area contributed by atoms with Crippen molar-refractivity contribution in [2.24, 2.45) is 5.73 Å². The summed E-state index contributed by atoms with van der Waals surface area (Å²) in [5.41, 5.74) is 8.65. The van der Waals surface area contributed by atoms with Gasteiger partial charge in [0.05, 0.1) is 0 Å². The van der Waals surface area contributed by atoms with E-state index in [1.54, 1.807) is 0 Å². The van der Waals surface area contributed by atoms with E-state index < -0.39 is 0 Å². The first-order valence-corrected chi connectivity index (χ1v) is 9.06. The third kappa shape index (κ3) is 4.87. The molecule has 2 atom stereocenters. The van der Waals surface area contributed by atoms with Gasteiger partial charge in [0.15, 0.2) is 0 Å². The molecular weight excluding hydrogens is 288 g/mol. The van der Waals surface area contributed by atoms with Crippen LogP contribution >= 0.6 is 23.4 Å². The standard InChI is InChI=1S/C16H27ClN2S/c1-5-14(18)10-12-9-13(17)7-8-16(12)19(3)15(6-2)11-20-4/h7-9,14-15H,5-6,10-11,18H2,1-4H3. The molecule has 0 bridgehead atoms.